The second kappa shape index (κ2) is 4.88. The van der Waals surface area contributed by atoms with E-state index in [9.17, 15) is 4.39 Å². The fourth-order valence-corrected chi connectivity index (χ4v) is 2.55. The Kier molecular flexibility index (Phi) is 3.16. The van der Waals surface area contributed by atoms with E-state index in [0.29, 0.717) is 11.4 Å². The minimum atomic E-state index is -0.251. The Bertz CT molecular complexity index is 818. The number of anilines is 1. The molecular weight excluding hydrogens is 265 g/mol. The number of hydrogen-bond donors (Lipinski definition) is 1. The predicted octanol–water partition coefficient (Wildman–Crippen LogP) is 4.18. The molecule has 0 aliphatic rings. The number of aryl methyl sites for hydroxylation is 1. The van der Waals surface area contributed by atoms with Gasteiger partial charge < -0.3 is 5.73 Å². The van der Waals surface area contributed by atoms with Gasteiger partial charge in [0.15, 0.2) is 0 Å². The van der Waals surface area contributed by atoms with Gasteiger partial charge in [0.05, 0.1) is 16.7 Å². The van der Waals surface area contributed by atoms with Crippen molar-refractivity contribution in [1.82, 2.24) is 9.55 Å². The number of imidazole rings is 1. The van der Waals surface area contributed by atoms with Crippen LogP contribution in [0.15, 0.2) is 36.4 Å². The topological polar surface area (TPSA) is 43.8 Å². The molecule has 0 aliphatic heterocycles. The van der Waals surface area contributed by atoms with Gasteiger partial charge in [0.1, 0.15) is 11.6 Å². The minimum Gasteiger partial charge on any atom is -0.399 e. The molecule has 3 rings (SSSR count). The number of rotatable bonds is 2. The normalized spacial score (nSPS) is 11.5. The number of nitrogen functional groups attached to an aromatic ring is 1. The van der Waals surface area contributed by atoms with Gasteiger partial charge in [-0.1, -0.05) is 19.9 Å². The van der Waals surface area contributed by atoms with Crippen LogP contribution in [0.1, 0.15) is 31.2 Å². The van der Waals surface area contributed by atoms with Crippen LogP contribution in [0, 0.1) is 12.7 Å². The molecule has 3 nitrogen and oxygen atoms in total. The maximum Gasteiger partial charge on any atom is 0.147 e. The lowest BCUT2D eigenvalue weighted by Crippen LogP contribution is -2.05. The van der Waals surface area contributed by atoms with Crippen molar-refractivity contribution in [2.24, 2.45) is 0 Å². The molecule has 1 heterocycles. The van der Waals surface area contributed by atoms with Crippen molar-refractivity contribution >= 4 is 16.7 Å². The highest BCUT2D eigenvalue weighted by Crippen LogP contribution is 2.29. The van der Waals surface area contributed by atoms with Gasteiger partial charge in [-0.15, -0.1) is 0 Å². The summed E-state index contributed by atoms with van der Waals surface area (Å²) in [5.41, 5.74) is 9.70. The van der Waals surface area contributed by atoms with Crippen LogP contribution in [-0.4, -0.2) is 9.55 Å². The zero-order chi connectivity index (χ0) is 15.1. The molecule has 0 amide bonds. The summed E-state index contributed by atoms with van der Waals surface area (Å²) in [5.74, 6) is 0.761. The lowest BCUT2D eigenvalue weighted by atomic mass is 10.1. The van der Waals surface area contributed by atoms with Crippen molar-refractivity contribution in [1.29, 1.82) is 0 Å². The fraction of sp³-hybridized carbons (Fsp3) is 0.235. The van der Waals surface area contributed by atoms with Gasteiger partial charge in [0.25, 0.3) is 0 Å². The summed E-state index contributed by atoms with van der Waals surface area (Å²) in [6.45, 7) is 6.05. The number of aromatic nitrogens is 2. The van der Waals surface area contributed by atoms with E-state index in [4.69, 9.17) is 5.73 Å². The summed E-state index contributed by atoms with van der Waals surface area (Å²) in [4.78, 5) is 4.64. The summed E-state index contributed by atoms with van der Waals surface area (Å²) in [7, 11) is 0. The molecule has 0 saturated heterocycles. The minimum absolute atomic E-state index is 0.179. The standard InChI is InChI=1S/C17H18FN3/c1-10(2)17-20-14-9-12(19)5-7-15(14)21(17)16-8-11(3)4-6-13(16)18/h4-10H,19H2,1-3H3. The van der Waals surface area contributed by atoms with E-state index in [0.717, 1.165) is 22.4 Å². The lowest BCUT2D eigenvalue weighted by Gasteiger charge is -2.13. The first-order chi connectivity index (χ1) is 9.97. The van der Waals surface area contributed by atoms with Gasteiger partial charge in [-0.3, -0.25) is 4.57 Å². The van der Waals surface area contributed by atoms with Crippen molar-refractivity contribution < 1.29 is 4.39 Å². The third-order valence-corrected chi connectivity index (χ3v) is 3.56. The zero-order valence-electron chi connectivity index (χ0n) is 12.4. The van der Waals surface area contributed by atoms with Crippen LogP contribution in [0.25, 0.3) is 16.7 Å². The van der Waals surface area contributed by atoms with E-state index in [1.54, 1.807) is 6.07 Å². The fourth-order valence-electron chi connectivity index (χ4n) is 2.55. The average Bonchev–Trinajstić information content (AvgIpc) is 2.80. The smallest absolute Gasteiger partial charge is 0.147 e. The number of nitrogens with zero attached hydrogens (tertiary/aromatic N) is 2. The molecule has 4 heteroatoms. The molecule has 0 atom stereocenters. The first kappa shape index (κ1) is 13.6. The molecule has 0 spiro atoms. The quantitative estimate of drug-likeness (QED) is 0.717. The maximum absolute atomic E-state index is 14.3. The maximum atomic E-state index is 14.3. The molecule has 3 aromatic rings. The number of benzene rings is 2. The molecule has 0 bridgehead atoms. The first-order valence-corrected chi connectivity index (χ1v) is 7.02. The molecule has 0 saturated carbocycles. The molecule has 1 aromatic heterocycles. The molecule has 2 aromatic carbocycles. The second-order valence-electron chi connectivity index (χ2n) is 5.66. The number of hydrogen-bond acceptors (Lipinski definition) is 2. The summed E-state index contributed by atoms with van der Waals surface area (Å²) < 4.78 is 16.2. The van der Waals surface area contributed by atoms with Gasteiger partial charge in [-0.25, -0.2) is 9.37 Å². The Balaban J connectivity index is 2.39. The summed E-state index contributed by atoms with van der Waals surface area (Å²) in [6, 6.07) is 10.6. The van der Waals surface area contributed by atoms with Gasteiger partial charge >= 0.3 is 0 Å². The molecule has 0 unspecified atom stereocenters. The van der Waals surface area contributed by atoms with Gasteiger partial charge in [-0.05, 0) is 42.8 Å². The summed E-state index contributed by atoms with van der Waals surface area (Å²) >= 11 is 0. The molecule has 0 radical (unpaired) electrons. The van der Waals surface area contributed by atoms with Gasteiger partial charge in [-0.2, -0.15) is 0 Å². The molecule has 0 fully saturated rings. The van der Waals surface area contributed by atoms with Crippen molar-refractivity contribution in [3.63, 3.8) is 0 Å². The highest BCUT2D eigenvalue weighted by Gasteiger charge is 2.17. The third kappa shape index (κ3) is 2.27. The average molecular weight is 283 g/mol. The Labute approximate surface area is 123 Å². The zero-order valence-corrected chi connectivity index (χ0v) is 12.4. The van der Waals surface area contributed by atoms with Crippen LogP contribution in [-0.2, 0) is 0 Å². The Hall–Kier alpha value is -2.36. The van der Waals surface area contributed by atoms with Crippen LogP contribution in [0.4, 0.5) is 10.1 Å². The van der Waals surface area contributed by atoms with Crippen LogP contribution >= 0.6 is 0 Å². The van der Waals surface area contributed by atoms with E-state index in [1.807, 2.05) is 35.8 Å². The predicted molar refractivity (Wildman–Crippen MR) is 84.3 cm³/mol. The van der Waals surface area contributed by atoms with Crippen LogP contribution in [0.5, 0.6) is 0 Å². The van der Waals surface area contributed by atoms with Crippen LogP contribution in [0.2, 0.25) is 0 Å². The van der Waals surface area contributed by atoms with Crippen LogP contribution < -0.4 is 5.73 Å². The molecule has 21 heavy (non-hydrogen) atoms. The third-order valence-electron chi connectivity index (χ3n) is 3.56. The largest absolute Gasteiger partial charge is 0.399 e. The van der Waals surface area contributed by atoms with Gasteiger partial charge in [0, 0.05) is 11.6 Å². The Morgan fingerprint density at radius 1 is 1.14 bits per heavy atom. The molecule has 0 aliphatic carbocycles. The van der Waals surface area contributed by atoms with E-state index in [2.05, 4.69) is 18.8 Å². The van der Waals surface area contributed by atoms with Gasteiger partial charge in [0.2, 0.25) is 0 Å². The SMILES string of the molecule is Cc1ccc(F)c(-n2c(C(C)C)nc3cc(N)ccc32)c1. The summed E-state index contributed by atoms with van der Waals surface area (Å²) in [6.07, 6.45) is 0. The molecular formula is C17H18FN3. The highest BCUT2D eigenvalue weighted by atomic mass is 19.1. The van der Waals surface area contributed by atoms with E-state index < -0.39 is 0 Å². The van der Waals surface area contributed by atoms with E-state index in [1.165, 1.54) is 6.07 Å². The molecule has 2 N–H and O–H groups in total. The monoisotopic (exact) mass is 283 g/mol. The second-order valence-corrected chi connectivity index (χ2v) is 5.66. The molecule has 108 valence electrons. The van der Waals surface area contributed by atoms with Crippen molar-refractivity contribution in [3.05, 3.63) is 53.6 Å². The van der Waals surface area contributed by atoms with Crippen LogP contribution in [0.3, 0.4) is 0 Å². The van der Waals surface area contributed by atoms with E-state index in [-0.39, 0.29) is 11.7 Å². The number of halogens is 1. The number of fused-ring (bicyclic) bond motifs is 1. The first-order valence-electron chi connectivity index (χ1n) is 7.02. The lowest BCUT2D eigenvalue weighted by molar-refractivity contribution is 0.613. The number of nitrogens with two attached hydrogens (primary N) is 1. The summed E-state index contributed by atoms with van der Waals surface area (Å²) in [5, 5.41) is 0. The Morgan fingerprint density at radius 2 is 1.90 bits per heavy atom. The van der Waals surface area contributed by atoms with Crippen molar-refractivity contribution in [2.75, 3.05) is 5.73 Å². The van der Waals surface area contributed by atoms with E-state index >= 15 is 0 Å². The van der Waals surface area contributed by atoms with Crippen molar-refractivity contribution in [2.45, 2.75) is 26.7 Å². The Morgan fingerprint density at radius 3 is 2.62 bits per heavy atom. The highest BCUT2D eigenvalue weighted by molar-refractivity contribution is 5.81. The van der Waals surface area contributed by atoms with Crippen molar-refractivity contribution in [3.8, 4) is 5.69 Å².